The number of hydrogen-bond donors (Lipinski definition) is 1. The van der Waals surface area contributed by atoms with Gasteiger partial charge in [0.15, 0.2) is 0 Å². The van der Waals surface area contributed by atoms with E-state index in [2.05, 4.69) is 30.1 Å². The van der Waals surface area contributed by atoms with Crippen LogP contribution in [0.25, 0.3) is 0 Å². The van der Waals surface area contributed by atoms with E-state index in [1.165, 1.54) is 17.7 Å². The number of anilines is 1. The van der Waals surface area contributed by atoms with E-state index in [0.29, 0.717) is 32.2 Å². The van der Waals surface area contributed by atoms with Crippen molar-refractivity contribution in [3.63, 3.8) is 0 Å². The Morgan fingerprint density at radius 3 is 2.50 bits per heavy atom. The van der Waals surface area contributed by atoms with Gasteiger partial charge in [-0.15, -0.1) is 0 Å². The molecule has 150 valence electrons. The fourth-order valence-electron chi connectivity index (χ4n) is 3.22. The monoisotopic (exact) mass is 385 g/mol. The number of carbonyl (C=O) groups excluding carboxylic acids is 1. The number of rotatable bonds is 6. The molecule has 2 aromatic rings. The first kappa shape index (κ1) is 20.0. The maximum absolute atomic E-state index is 13.0. The van der Waals surface area contributed by atoms with Crippen molar-refractivity contribution in [2.75, 3.05) is 44.2 Å². The van der Waals surface area contributed by atoms with Gasteiger partial charge in [0.2, 0.25) is 0 Å². The molecule has 0 atom stereocenters. The second-order valence-corrected chi connectivity index (χ2v) is 7.26. The molecular weight excluding hydrogens is 357 g/mol. The zero-order valence-corrected chi connectivity index (χ0v) is 16.5. The molecule has 1 N–H and O–H groups in total. The molecule has 1 aliphatic heterocycles. The fourth-order valence-corrected chi connectivity index (χ4v) is 3.22. The Balaban J connectivity index is 1.38. The number of nitrogens with one attached hydrogen (secondary N) is 1. The van der Waals surface area contributed by atoms with Gasteiger partial charge in [-0.3, -0.25) is 0 Å². The van der Waals surface area contributed by atoms with Crippen molar-refractivity contribution in [2.45, 2.75) is 19.8 Å². The number of hydrogen-bond acceptors (Lipinski definition) is 3. The van der Waals surface area contributed by atoms with Gasteiger partial charge in [0, 0.05) is 31.9 Å². The third-order valence-electron chi connectivity index (χ3n) is 4.93. The molecule has 2 aromatic carbocycles. The number of benzene rings is 2. The highest BCUT2D eigenvalue weighted by Crippen LogP contribution is 2.20. The van der Waals surface area contributed by atoms with Crippen molar-refractivity contribution in [3.8, 4) is 5.75 Å². The number of halogens is 1. The molecule has 0 radical (unpaired) electrons. The lowest BCUT2D eigenvalue weighted by atomic mass is 10.0. The third kappa shape index (κ3) is 5.38. The van der Waals surface area contributed by atoms with Gasteiger partial charge in [-0.2, -0.15) is 0 Å². The van der Waals surface area contributed by atoms with E-state index in [0.717, 1.165) is 24.5 Å². The lowest BCUT2D eigenvalue weighted by Gasteiger charge is -2.36. The Bertz CT molecular complexity index is 772. The van der Waals surface area contributed by atoms with E-state index in [1.54, 1.807) is 17.0 Å². The van der Waals surface area contributed by atoms with Gasteiger partial charge in [0.05, 0.1) is 6.54 Å². The first-order valence-corrected chi connectivity index (χ1v) is 9.79. The number of urea groups is 1. The molecular formula is C22H28FN3O2. The fraction of sp³-hybridized carbons (Fsp3) is 0.409. The third-order valence-corrected chi connectivity index (χ3v) is 4.93. The topological polar surface area (TPSA) is 44.8 Å². The van der Waals surface area contributed by atoms with Crippen LogP contribution in [-0.4, -0.2) is 50.3 Å². The molecule has 28 heavy (non-hydrogen) atoms. The summed E-state index contributed by atoms with van der Waals surface area (Å²) in [5.74, 6) is 1.05. The van der Waals surface area contributed by atoms with Crippen LogP contribution in [0.1, 0.15) is 25.3 Å². The molecule has 0 bridgehead atoms. The SMILES string of the molecule is CC(C)c1cccc(OCCNC(=O)N2CCN(c3ccc(F)cc3)CC2)c1. The van der Waals surface area contributed by atoms with Crippen molar-refractivity contribution >= 4 is 11.7 Å². The molecule has 0 saturated carbocycles. The summed E-state index contributed by atoms with van der Waals surface area (Å²) in [5.41, 5.74) is 2.22. The van der Waals surface area contributed by atoms with Gasteiger partial charge in [0.25, 0.3) is 0 Å². The molecule has 1 saturated heterocycles. The van der Waals surface area contributed by atoms with Crippen molar-refractivity contribution in [1.82, 2.24) is 10.2 Å². The minimum Gasteiger partial charge on any atom is -0.492 e. The molecule has 0 spiro atoms. The Labute approximate surface area is 166 Å². The highest BCUT2D eigenvalue weighted by atomic mass is 19.1. The molecule has 6 heteroatoms. The Morgan fingerprint density at radius 1 is 1.11 bits per heavy atom. The van der Waals surface area contributed by atoms with Crippen molar-refractivity contribution < 1.29 is 13.9 Å². The zero-order chi connectivity index (χ0) is 19.9. The number of carbonyl (C=O) groups is 1. The van der Waals surface area contributed by atoms with Crippen LogP contribution in [-0.2, 0) is 0 Å². The molecule has 1 heterocycles. The first-order chi connectivity index (χ1) is 13.5. The number of nitrogens with zero attached hydrogens (tertiary/aromatic N) is 2. The highest BCUT2D eigenvalue weighted by molar-refractivity contribution is 5.74. The van der Waals surface area contributed by atoms with Crippen molar-refractivity contribution in [3.05, 3.63) is 59.9 Å². The zero-order valence-electron chi connectivity index (χ0n) is 16.5. The summed E-state index contributed by atoms with van der Waals surface area (Å²) in [7, 11) is 0. The van der Waals surface area contributed by atoms with Crippen LogP contribution >= 0.6 is 0 Å². The molecule has 5 nitrogen and oxygen atoms in total. The largest absolute Gasteiger partial charge is 0.492 e. The molecule has 0 unspecified atom stereocenters. The Kier molecular flexibility index (Phi) is 6.74. The summed E-state index contributed by atoms with van der Waals surface area (Å²) in [5, 5.41) is 2.92. The molecule has 2 amide bonds. The first-order valence-electron chi connectivity index (χ1n) is 9.79. The van der Waals surface area contributed by atoms with E-state index in [-0.39, 0.29) is 11.8 Å². The van der Waals surface area contributed by atoms with Crippen LogP contribution in [0, 0.1) is 5.82 Å². The second-order valence-electron chi connectivity index (χ2n) is 7.26. The van der Waals surface area contributed by atoms with E-state index >= 15 is 0 Å². The summed E-state index contributed by atoms with van der Waals surface area (Å²) < 4.78 is 18.8. The quantitative estimate of drug-likeness (QED) is 0.768. The van der Waals surface area contributed by atoms with Gasteiger partial charge in [-0.1, -0.05) is 26.0 Å². The predicted octanol–water partition coefficient (Wildman–Crippen LogP) is 3.86. The van der Waals surface area contributed by atoms with Crippen molar-refractivity contribution in [2.24, 2.45) is 0 Å². The standard InChI is InChI=1S/C22H28FN3O2/c1-17(2)18-4-3-5-21(16-18)28-15-10-24-22(27)26-13-11-25(12-14-26)20-8-6-19(23)7-9-20/h3-9,16-17H,10-15H2,1-2H3,(H,24,27). The molecule has 1 aliphatic rings. The van der Waals surface area contributed by atoms with E-state index < -0.39 is 0 Å². The number of ether oxygens (including phenoxy) is 1. The van der Waals surface area contributed by atoms with Crippen LogP contribution in [0.2, 0.25) is 0 Å². The Morgan fingerprint density at radius 2 is 1.82 bits per heavy atom. The summed E-state index contributed by atoms with van der Waals surface area (Å²) in [6.45, 7) is 7.94. The Hall–Kier alpha value is -2.76. The smallest absolute Gasteiger partial charge is 0.317 e. The number of amides is 2. The van der Waals surface area contributed by atoms with Gasteiger partial charge < -0.3 is 19.9 Å². The van der Waals surface area contributed by atoms with Crippen LogP contribution in [0.5, 0.6) is 5.75 Å². The van der Waals surface area contributed by atoms with Gasteiger partial charge in [0.1, 0.15) is 18.2 Å². The summed E-state index contributed by atoms with van der Waals surface area (Å²) in [6, 6.07) is 14.5. The minimum atomic E-state index is -0.236. The molecule has 3 rings (SSSR count). The molecule has 0 aromatic heterocycles. The average Bonchev–Trinajstić information content (AvgIpc) is 2.72. The lowest BCUT2D eigenvalue weighted by molar-refractivity contribution is 0.191. The minimum absolute atomic E-state index is 0.0710. The normalized spacial score (nSPS) is 14.3. The van der Waals surface area contributed by atoms with Crippen LogP contribution < -0.4 is 15.0 Å². The molecule has 0 aliphatic carbocycles. The lowest BCUT2D eigenvalue weighted by Crippen LogP contribution is -2.52. The van der Waals surface area contributed by atoms with Crippen LogP contribution in [0.15, 0.2) is 48.5 Å². The van der Waals surface area contributed by atoms with Gasteiger partial charge >= 0.3 is 6.03 Å². The van der Waals surface area contributed by atoms with Gasteiger partial charge in [-0.05, 0) is 47.9 Å². The maximum atomic E-state index is 13.0. The van der Waals surface area contributed by atoms with E-state index in [1.807, 2.05) is 18.2 Å². The summed E-state index contributed by atoms with van der Waals surface area (Å²) >= 11 is 0. The highest BCUT2D eigenvalue weighted by Gasteiger charge is 2.21. The second kappa shape index (κ2) is 9.44. The molecule has 1 fully saturated rings. The number of piperazine rings is 1. The summed E-state index contributed by atoms with van der Waals surface area (Å²) in [4.78, 5) is 16.3. The van der Waals surface area contributed by atoms with Crippen molar-refractivity contribution in [1.29, 1.82) is 0 Å². The van der Waals surface area contributed by atoms with Gasteiger partial charge in [-0.25, -0.2) is 9.18 Å². The summed E-state index contributed by atoms with van der Waals surface area (Å²) in [6.07, 6.45) is 0. The average molecular weight is 385 g/mol. The van der Waals surface area contributed by atoms with Crippen LogP contribution in [0.3, 0.4) is 0 Å². The van der Waals surface area contributed by atoms with E-state index in [9.17, 15) is 9.18 Å². The maximum Gasteiger partial charge on any atom is 0.317 e. The van der Waals surface area contributed by atoms with E-state index in [4.69, 9.17) is 4.74 Å². The predicted molar refractivity (Wildman–Crippen MR) is 110 cm³/mol. The van der Waals surface area contributed by atoms with Crippen LogP contribution in [0.4, 0.5) is 14.9 Å².